The number of aromatic nitrogens is 2. The van der Waals surface area contributed by atoms with Gasteiger partial charge in [0.25, 0.3) is 0 Å². The standard InChI is InChI=1S/C14H25BrN2/c1-5-10-17-11-9-16-13(17)8-6-7-12(15)14(2,3)4/h9,11-12H,5-8,10H2,1-4H3. The normalized spacial score (nSPS) is 13.9. The van der Waals surface area contributed by atoms with Gasteiger partial charge in [-0.3, -0.25) is 0 Å². The highest BCUT2D eigenvalue weighted by Crippen LogP contribution is 2.29. The molecule has 2 nitrogen and oxygen atoms in total. The van der Waals surface area contributed by atoms with Gasteiger partial charge in [-0.1, -0.05) is 43.6 Å². The van der Waals surface area contributed by atoms with Crippen molar-refractivity contribution in [2.24, 2.45) is 5.41 Å². The summed E-state index contributed by atoms with van der Waals surface area (Å²) in [7, 11) is 0. The van der Waals surface area contributed by atoms with E-state index in [1.807, 2.05) is 6.20 Å². The van der Waals surface area contributed by atoms with Gasteiger partial charge in [-0.25, -0.2) is 4.98 Å². The fraction of sp³-hybridized carbons (Fsp3) is 0.786. The SMILES string of the molecule is CCCn1ccnc1CCCC(Br)C(C)(C)C. The van der Waals surface area contributed by atoms with Crippen molar-refractivity contribution in [1.29, 1.82) is 0 Å². The molecule has 0 aliphatic heterocycles. The lowest BCUT2D eigenvalue weighted by atomic mass is 9.89. The van der Waals surface area contributed by atoms with E-state index >= 15 is 0 Å². The lowest BCUT2D eigenvalue weighted by Gasteiger charge is -2.25. The first-order valence-electron chi connectivity index (χ1n) is 6.59. The number of halogens is 1. The van der Waals surface area contributed by atoms with Crippen LogP contribution >= 0.6 is 15.9 Å². The Kier molecular flexibility index (Phi) is 5.71. The highest BCUT2D eigenvalue weighted by atomic mass is 79.9. The fourth-order valence-corrected chi connectivity index (χ4v) is 2.21. The van der Waals surface area contributed by atoms with Crippen LogP contribution in [0.2, 0.25) is 0 Å². The number of hydrogen-bond donors (Lipinski definition) is 0. The minimum atomic E-state index is 0.346. The number of rotatable bonds is 6. The van der Waals surface area contributed by atoms with Crippen molar-refractivity contribution in [3.63, 3.8) is 0 Å². The number of imidazole rings is 1. The number of aryl methyl sites for hydroxylation is 2. The van der Waals surface area contributed by atoms with E-state index in [4.69, 9.17) is 0 Å². The summed E-state index contributed by atoms with van der Waals surface area (Å²) >= 11 is 3.78. The summed E-state index contributed by atoms with van der Waals surface area (Å²) in [6.07, 6.45) is 8.68. The third kappa shape index (κ3) is 4.82. The first-order valence-corrected chi connectivity index (χ1v) is 7.50. The van der Waals surface area contributed by atoms with Crippen molar-refractivity contribution in [2.45, 2.75) is 64.8 Å². The average Bonchev–Trinajstić information content (AvgIpc) is 2.65. The van der Waals surface area contributed by atoms with Gasteiger partial charge in [-0.05, 0) is 24.7 Å². The third-order valence-electron chi connectivity index (χ3n) is 3.06. The summed E-state index contributed by atoms with van der Waals surface area (Å²) in [4.78, 5) is 5.03. The molecule has 98 valence electrons. The lowest BCUT2D eigenvalue weighted by molar-refractivity contribution is 0.379. The monoisotopic (exact) mass is 300 g/mol. The summed E-state index contributed by atoms with van der Waals surface area (Å²) in [5.74, 6) is 1.24. The molecule has 1 aromatic heterocycles. The van der Waals surface area contributed by atoms with Crippen LogP contribution in [0.3, 0.4) is 0 Å². The second-order valence-corrected chi connectivity index (χ2v) is 6.87. The van der Waals surface area contributed by atoms with E-state index in [1.54, 1.807) is 0 Å². The van der Waals surface area contributed by atoms with Crippen LogP contribution in [0.4, 0.5) is 0 Å². The molecule has 0 aliphatic carbocycles. The van der Waals surface area contributed by atoms with Gasteiger partial charge < -0.3 is 4.57 Å². The molecule has 0 saturated heterocycles. The number of nitrogens with zero attached hydrogens (tertiary/aromatic N) is 2. The zero-order valence-corrected chi connectivity index (χ0v) is 13.1. The molecule has 1 atom stereocenters. The van der Waals surface area contributed by atoms with Crippen LogP contribution in [0.1, 0.15) is 52.8 Å². The molecule has 1 aromatic rings. The van der Waals surface area contributed by atoms with Crippen LogP contribution in [-0.4, -0.2) is 14.4 Å². The summed E-state index contributed by atoms with van der Waals surface area (Å²) in [5, 5.41) is 0. The third-order valence-corrected chi connectivity index (χ3v) is 4.90. The minimum absolute atomic E-state index is 0.346. The van der Waals surface area contributed by atoms with Crippen LogP contribution in [-0.2, 0) is 13.0 Å². The first-order chi connectivity index (χ1) is 7.95. The molecule has 3 heteroatoms. The van der Waals surface area contributed by atoms with Crippen molar-refractivity contribution in [3.8, 4) is 0 Å². The zero-order valence-electron chi connectivity index (χ0n) is 11.5. The van der Waals surface area contributed by atoms with Gasteiger partial charge in [0.1, 0.15) is 5.82 Å². The highest BCUT2D eigenvalue weighted by Gasteiger charge is 2.21. The predicted molar refractivity (Wildman–Crippen MR) is 77.6 cm³/mol. The van der Waals surface area contributed by atoms with Crippen molar-refractivity contribution < 1.29 is 0 Å². The molecule has 0 spiro atoms. The Bertz CT molecular complexity index is 325. The molecular formula is C14H25BrN2. The van der Waals surface area contributed by atoms with E-state index in [0.29, 0.717) is 10.2 Å². The Labute approximate surface area is 114 Å². The summed E-state index contributed by atoms with van der Waals surface area (Å²) in [6, 6.07) is 0. The van der Waals surface area contributed by atoms with Gasteiger partial charge in [-0.15, -0.1) is 0 Å². The first kappa shape index (κ1) is 14.7. The second-order valence-electron chi connectivity index (χ2n) is 5.76. The van der Waals surface area contributed by atoms with E-state index in [0.717, 1.165) is 13.0 Å². The van der Waals surface area contributed by atoms with Crippen LogP contribution in [0.5, 0.6) is 0 Å². The zero-order chi connectivity index (χ0) is 12.9. The van der Waals surface area contributed by atoms with Gasteiger partial charge in [0.15, 0.2) is 0 Å². The van der Waals surface area contributed by atoms with Crippen molar-refractivity contribution in [3.05, 3.63) is 18.2 Å². The van der Waals surface area contributed by atoms with Crippen molar-refractivity contribution >= 4 is 15.9 Å². The molecule has 1 rings (SSSR count). The quantitative estimate of drug-likeness (QED) is 0.711. The molecule has 0 radical (unpaired) electrons. The lowest BCUT2D eigenvalue weighted by Crippen LogP contribution is -2.20. The summed E-state index contributed by atoms with van der Waals surface area (Å²) in [6.45, 7) is 10.1. The van der Waals surface area contributed by atoms with Gasteiger partial charge in [0.05, 0.1) is 0 Å². The maximum Gasteiger partial charge on any atom is 0.108 e. The van der Waals surface area contributed by atoms with E-state index < -0.39 is 0 Å². The Morgan fingerprint density at radius 1 is 1.41 bits per heavy atom. The van der Waals surface area contributed by atoms with E-state index in [1.165, 1.54) is 25.1 Å². The molecule has 0 bridgehead atoms. The molecule has 0 fully saturated rings. The average molecular weight is 301 g/mol. The predicted octanol–water partition coefficient (Wildman–Crippen LogP) is 4.43. The smallest absolute Gasteiger partial charge is 0.108 e. The maximum absolute atomic E-state index is 4.44. The van der Waals surface area contributed by atoms with E-state index in [-0.39, 0.29) is 0 Å². The topological polar surface area (TPSA) is 17.8 Å². The maximum atomic E-state index is 4.44. The number of hydrogen-bond acceptors (Lipinski definition) is 1. The molecule has 0 amide bonds. The Balaban J connectivity index is 2.38. The summed E-state index contributed by atoms with van der Waals surface area (Å²) in [5.41, 5.74) is 0.346. The molecule has 1 unspecified atom stereocenters. The van der Waals surface area contributed by atoms with Gasteiger partial charge >= 0.3 is 0 Å². The largest absolute Gasteiger partial charge is 0.335 e. The van der Waals surface area contributed by atoms with Crippen molar-refractivity contribution in [1.82, 2.24) is 9.55 Å². The van der Waals surface area contributed by atoms with Crippen LogP contribution in [0.25, 0.3) is 0 Å². The Hall–Kier alpha value is -0.310. The molecule has 0 aromatic carbocycles. The Morgan fingerprint density at radius 3 is 2.71 bits per heavy atom. The summed E-state index contributed by atoms with van der Waals surface area (Å²) < 4.78 is 2.28. The minimum Gasteiger partial charge on any atom is -0.335 e. The Morgan fingerprint density at radius 2 is 2.12 bits per heavy atom. The van der Waals surface area contributed by atoms with E-state index in [9.17, 15) is 0 Å². The van der Waals surface area contributed by atoms with Gasteiger partial charge in [0.2, 0.25) is 0 Å². The van der Waals surface area contributed by atoms with Gasteiger partial charge in [0, 0.05) is 30.2 Å². The van der Waals surface area contributed by atoms with E-state index in [2.05, 4.69) is 59.4 Å². The molecule has 1 heterocycles. The highest BCUT2D eigenvalue weighted by molar-refractivity contribution is 9.09. The second kappa shape index (κ2) is 6.58. The van der Waals surface area contributed by atoms with Gasteiger partial charge in [-0.2, -0.15) is 0 Å². The molecule has 0 aliphatic rings. The molecule has 17 heavy (non-hydrogen) atoms. The molecular weight excluding hydrogens is 276 g/mol. The van der Waals surface area contributed by atoms with Crippen LogP contribution in [0, 0.1) is 5.41 Å². The van der Waals surface area contributed by atoms with Crippen LogP contribution in [0.15, 0.2) is 12.4 Å². The fourth-order valence-electron chi connectivity index (χ4n) is 1.89. The van der Waals surface area contributed by atoms with Crippen molar-refractivity contribution in [2.75, 3.05) is 0 Å². The molecule has 0 saturated carbocycles. The molecule has 0 N–H and O–H groups in total. The number of alkyl halides is 1. The van der Waals surface area contributed by atoms with Crippen LogP contribution < -0.4 is 0 Å².